The molecule has 2 N–H and O–H groups in total. The number of carbonyl (C=O) groups excluding carboxylic acids is 3. The predicted molar refractivity (Wildman–Crippen MR) is 110 cm³/mol. The van der Waals surface area contributed by atoms with Crippen LogP contribution in [0.3, 0.4) is 0 Å². The van der Waals surface area contributed by atoms with E-state index >= 15 is 0 Å². The number of hydrogen-bond acceptors (Lipinski definition) is 4. The number of urea groups is 1. The van der Waals surface area contributed by atoms with Gasteiger partial charge in [0, 0.05) is 31.9 Å². The minimum Gasteiger partial charge on any atom is -0.354 e. The Morgan fingerprint density at radius 2 is 2.00 bits per heavy atom. The summed E-state index contributed by atoms with van der Waals surface area (Å²) in [5, 5.41) is 5.58. The van der Waals surface area contributed by atoms with Crippen LogP contribution in [0.2, 0.25) is 0 Å². The summed E-state index contributed by atoms with van der Waals surface area (Å²) in [5.41, 5.74) is 2.41. The Balaban J connectivity index is 1.43. The number of nitrogens with one attached hydrogen (secondary N) is 2. The molecular weight excluding hydrogens is 401 g/mol. The summed E-state index contributed by atoms with van der Waals surface area (Å²) in [4.78, 5) is 44.9. The molecule has 1 aromatic carbocycles. The van der Waals surface area contributed by atoms with Crippen LogP contribution in [0.1, 0.15) is 17.3 Å². The van der Waals surface area contributed by atoms with Crippen molar-refractivity contribution < 1.29 is 18.8 Å². The molecule has 9 heteroatoms. The normalized spacial score (nSPS) is 18.2. The van der Waals surface area contributed by atoms with Crippen molar-refractivity contribution in [3.8, 4) is 0 Å². The average Bonchev–Trinajstić information content (AvgIpc) is 3.08. The maximum Gasteiger partial charge on any atom is 0.322 e. The first-order valence-electron chi connectivity index (χ1n) is 9.92. The molecule has 160 valence electrons. The number of pyridine rings is 1. The van der Waals surface area contributed by atoms with Gasteiger partial charge in [0.15, 0.2) is 0 Å². The molecule has 2 aromatic rings. The maximum absolute atomic E-state index is 13.3. The van der Waals surface area contributed by atoms with Crippen molar-refractivity contribution in [3.63, 3.8) is 0 Å². The van der Waals surface area contributed by atoms with Gasteiger partial charge in [-0.3, -0.25) is 19.5 Å². The molecule has 4 amide bonds. The zero-order valence-corrected chi connectivity index (χ0v) is 17.0. The molecule has 0 aliphatic carbocycles. The molecule has 3 heterocycles. The van der Waals surface area contributed by atoms with Crippen LogP contribution in [-0.4, -0.2) is 59.3 Å². The van der Waals surface area contributed by atoms with Crippen LogP contribution in [0.25, 0.3) is 0 Å². The molecule has 0 saturated heterocycles. The monoisotopic (exact) mass is 423 g/mol. The molecule has 0 spiro atoms. The predicted octanol–water partition coefficient (Wildman–Crippen LogP) is 1.37. The molecule has 0 bridgehead atoms. The minimum atomic E-state index is -0.691. The SMILES string of the molecule is CN1C(=O)NC(c2ccc(F)cc2)C2=C1CN(CC(=O)NCCc1ccccn1)C2=O. The molecule has 31 heavy (non-hydrogen) atoms. The van der Waals surface area contributed by atoms with Gasteiger partial charge in [-0.1, -0.05) is 18.2 Å². The summed E-state index contributed by atoms with van der Waals surface area (Å²) < 4.78 is 13.3. The van der Waals surface area contributed by atoms with Crippen molar-refractivity contribution in [3.05, 3.63) is 77.0 Å². The van der Waals surface area contributed by atoms with Crippen LogP contribution in [0.15, 0.2) is 59.9 Å². The number of rotatable bonds is 6. The summed E-state index contributed by atoms with van der Waals surface area (Å²) in [7, 11) is 1.58. The molecule has 1 aromatic heterocycles. The summed E-state index contributed by atoms with van der Waals surface area (Å²) in [6, 6.07) is 10.2. The van der Waals surface area contributed by atoms with Crippen molar-refractivity contribution in [2.24, 2.45) is 0 Å². The van der Waals surface area contributed by atoms with Crippen molar-refractivity contribution in [2.45, 2.75) is 12.5 Å². The smallest absolute Gasteiger partial charge is 0.322 e. The van der Waals surface area contributed by atoms with Crippen LogP contribution in [0.4, 0.5) is 9.18 Å². The lowest BCUT2D eigenvalue weighted by atomic mass is 9.96. The summed E-state index contributed by atoms with van der Waals surface area (Å²) >= 11 is 0. The van der Waals surface area contributed by atoms with Crippen LogP contribution in [0, 0.1) is 5.82 Å². The van der Waals surface area contributed by atoms with E-state index in [1.165, 1.54) is 34.1 Å². The number of aromatic nitrogens is 1. The van der Waals surface area contributed by atoms with E-state index in [9.17, 15) is 18.8 Å². The lowest BCUT2D eigenvalue weighted by Crippen LogP contribution is -2.45. The van der Waals surface area contributed by atoms with E-state index in [-0.39, 0.29) is 30.9 Å². The first-order valence-corrected chi connectivity index (χ1v) is 9.92. The fourth-order valence-corrected chi connectivity index (χ4v) is 3.76. The summed E-state index contributed by atoms with van der Waals surface area (Å²) in [6.45, 7) is 0.443. The highest BCUT2D eigenvalue weighted by atomic mass is 19.1. The zero-order chi connectivity index (χ0) is 22.0. The fraction of sp³-hybridized carbons (Fsp3) is 0.273. The second kappa shape index (κ2) is 8.55. The molecule has 2 aliphatic rings. The Morgan fingerprint density at radius 1 is 1.23 bits per heavy atom. The van der Waals surface area contributed by atoms with E-state index in [4.69, 9.17) is 0 Å². The number of likely N-dealkylation sites (N-methyl/N-ethyl adjacent to an activating group) is 1. The largest absolute Gasteiger partial charge is 0.354 e. The third-order valence-electron chi connectivity index (χ3n) is 5.40. The fourth-order valence-electron chi connectivity index (χ4n) is 3.76. The van der Waals surface area contributed by atoms with Crippen LogP contribution >= 0.6 is 0 Å². The van der Waals surface area contributed by atoms with Crippen LogP contribution < -0.4 is 10.6 Å². The highest BCUT2D eigenvalue weighted by molar-refractivity contribution is 6.02. The van der Waals surface area contributed by atoms with Crippen molar-refractivity contribution in [1.29, 1.82) is 0 Å². The zero-order valence-electron chi connectivity index (χ0n) is 17.0. The van der Waals surface area contributed by atoms with Crippen molar-refractivity contribution >= 4 is 17.8 Å². The maximum atomic E-state index is 13.3. The Bertz CT molecular complexity index is 1040. The third-order valence-corrected chi connectivity index (χ3v) is 5.40. The van der Waals surface area contributed by atoms with Gasteiger partial charge < -0.3 is 15.5 Å². The molecule has 1 atom stereocenters. The highest BCUT2D eigenvalue weighted by Crippen LogP contribution is 2.35. The molecule has 0 saturated carbocycles. The number of halogens is 1. The molecular formula is C22H22FN5O3. The van der Waals surface area contributed by atoms with E-state index in [1.807, 2.05) is 18.2 Å². The molecule has 4 rings (SSSR count). The highest BCUT2D eigenvalue weighted by Gasteiger charge is 2.43. The number of amides is 4. The van der Waals surface area contributed by atoms with E-state index in [0.29, 0.717) is 29.8 Å². The summed E-state index contributed by atoms with van der Waals surface area (Å²) in [6.07, 6.45) is 2.28. The first kappa shape index (κ1) is 20.5. The molecule has 8 nitrogen and oxygen atoms in total. The Kier molecular flexibility index (Phi) is 5.66. The van der Waals surface area contributed by atoms with Gasteiger partial charge in [-0.25, -0.2) is 9.18 Å². The number of carbonyl (C=O) groups is 3. The number of nitrogens with zero attached hydrogens (tertiary/aromatic N) is 3. The summed E-state index contributed by atoms with van der Waals surface area (Å²) in [5.74, 6) is -1.01. The molecule has 1 unspecified atom stereocenters. The van der Waals surface area contributed by atoms with Crippen molar-refractivity contribution in [1.82, 2.24) is 25.4 Å². The van der Waals surface area contributed by atoms with Gasteiger partial charge in [0.25, 0.3) is 5.91 Å². The van der Waals surface area contributed by atoms with Gasteiger partial charge in [0.1, 0.15) is 12.4 Å². The minimum absolute atomic E-state index is 0.119. The average molecular weight is 423 g/mol. The second-order valence-electron chi connectivity index (χ2n) is 7.44. The topological polar surface area (TPSA) is 94.6 Å². The quantitative estimate of drug-likeness (QED) is 0.734. The lowest BCUT2D eigenvalue weighted by molar-refractivity contribution is -0.131. The van der Waals surface area contributed by atoms with Crippen LogP contribution in [0.5, 0.6) is 0 Å². The Hall–Kier alpha value is -3.75. The van der Waals surface area contributed by atoms with E-state index < -0.39 is 11.9 Å². The molecule has 0 fully saturated rings. The number of benzene rings is 1. The first-order chi connectivity index (χ1) is 14.9. The van der Waals surface area contributed by atoms with Gasteiger partial charge in [-0.05, 0) is 29.8 Å². The Morgan fingerprint density at radius 3 is 2.71 bits per heavy atom. The second-order valence-corrected chi connectivity index (χ2v) is 7.44. The van der Waals surface area contributed by atoms with Gasteiger partial charge in [-0.2, -0.15) is 0 Å². The molecule has 2 aliphatic heterocycles. The third kappa shape index (κ3) is 4.25. The van der Waals surface area contributed by atoms with Gasteiger partial charge in [0.2, 0.25) is 5.91 Å². The lowest BCUT2D eigenvalue weighted by Gasteiger charge is -2.31. The van der Waals surface area contributed by atoms with E-state index in [0.717, 1.165) is 5.69 Å². The van der Waals surface area contributed by atoms with E-state index in [2.05, 4.69) is 15.6 Å². The van der Waals surface area contributed by atoms with Crippen LogP contribution in [-0.2, 0) is 16.0 Å². The van der Waals surface area contributed by atoms with E-state index in [1.54, 1.807) is 13.2 Å². The van der Waals surface area contributed by atoms with Gasteiger partial charge in [-0.15, -0.1) is 0 Å². The van der Waals surface area contributed by atoms with Gasteiger partial charge >= 0.3 is 6.03 Å². The van der Waals surface area contributed by atoms with Gasteiger partial charge in [0.05, 0.1) is 23.9 Å². The Labute approximate surface area is 178 Å². The molecule has 0 radical (unpaired) electrons. The van der Waals surface area contributed by atoms with Crippen molar-refractivity contribution in [2.75, 3.05) is 26.7 Å². The number of hydrogen-bond donors (Lipinski definition) is 2. The standard InChI is InChI=1S/C22H22FN5O3/c1-27-17-12-28(13-18(29)25-11-9-16-4-2-3-10-24-16)21(30)19(17)20(26-22(27)31)14-5-7-15(23)8-6-14/h2-8,10,20H,9,11-13H2,1H3,(H,25,29)(H,26,31).